The molecule has 4 rings (SSSR count). The van der Waals surface area contributed by atoms with Crippen LogP contribution in [0.25, 0.3) is 0 Å². The molecule has 2 aliphatic rings. The van der Waals surface area contributed by atoms with Gasteiger partial charge in [0.15, 0.2) is 5.82 Å². The molecule has 1 aliphatic carbocycles. The number of carbonyl (C=O) groups excluding carboxylic acids is 1. The van der Waals surface area contributed by atoms with Crippen LogP contribution >= 0.6 is 0 Å². The van der Waals surface area contributed by atoms with Crippen molar-refractivity contribution >= 4 is 5.91 Å². The first kappa shape index (κ1) is 16.3. The summed E-state index contributed by atoms with van der Waals surface area (Å²) in [6.07, 6.45) is 7.39. The molecule has 0 saturated carbocycles. The van der Waals surface area contributed by atoms with E-state index in [9.17, 15) is 4.79 Å². The topological polar surface area (TPSA) is 59.2 Å². The second kappa shape index (κ2) is 6.98. The molecule has 1 fully saturated rings. The van der Waals surface area contributed by atoms with Crippen LogP contribution in [-0.2, 0) is 24.1 Å². The molecule has 1 aromatic heterocycles. The fourth-order valence-corrected chi connectivity index (χ4v) is 4.08. The smallest absolute Gasteiger partial charge is 0.227 e. The van der Waals surface area contributed by atoms with Crippen LogP contribution in [-0.4, -0.2) is 34.0 Å². The Balaban J connectivity index is 1.42. The maximum atomic E-state index is 12.8. The van der Waals surface area contributed by atoms with Crippen LogP contribution in [0.1, 0.15) is 60.0 Å². The fraction of sp³-hybridized carbons (Fsp3) is 0.550. The van der Waals surface area contributed by atoms with E-state index < -0.39 is 0 Å². The van der Waals surface area contributed by atoms with Crippen molar-refractivity contribution < 1.29 is 9.32 Å². The summed E-state index contributed by atoms with van der Waals surface area (Å²) in [5.41, 5.74) is 4.05. The summed E-state index contributed by atoms with van der Waals surface area (Å²) in [5, 5.41) is 4.04. The van der Waals surface area contributed by atoms with Crippen molar-refractivity contribution in [2.24, 2.45) is 0 Å². The molecule has 0 radical (unpaired) electrons. The molecular weight excluding hydrogens is 314 g/mol. The highest BCUT2D eigenvalue weighted by Crippen LogP contribution is 2.26. The monoisotopic (exact) mass is 339 g/mol. The van der Waals surface area contributed by atoms with Crippen molar-refractivity contribution in [3.63, 3.8) is 0 Å². The predicted molar refractivity (Wildman–Crippen MR) is 94.4 cm³/mol. The highest BCUT2D eigenvalue weighted by molar-refractivity contribution is 5.79. The first-order valence-electron chi connectivity index (χ1n) is 9.38. The molecule has 25 heavy (non-hydrogen) atoms. The van der Waals surface area contributed by atoms with Gasteiger partial charge in [0.2, 0.25) is 11.8 Å². The van der Waals surface area contributed by atoms with E-state index in [2.05, 4.69) is 28.3 Å². The number of nitrogens with zero attached hydrogens (tertiary/aromatic N) is 3. The SMILES string of the molecule is Cc1nc([C@H]2CCCN(C(=O)Cc3ccc4c(c3)CCCC4)C2)no1. The van der Waals surface area contributed by atoms with Crippen LogP contribution in [0.5, 0.6) is 0 Å². The molecule has 0 bridgehead atoms. The Hall–Kier alpha value is -2.17. The summed E-state index contributed by atoms with van der Waals surface area (Å²) in [4.78, 5) is 19.1. The average Bonchev–Trinajstić information content (AvgIpc) is 3.08. The molecule has 132 valence electrons. The number of aryl methyl sites for hydroxylation is 3. The van der Waals surface area contributed by atoms with Crippen molar-refractivity contribution in [2.45, 2.75) is 57.8 Å². The van der Waals surface area contributed by atoms with Gasteiger partial charge in [-0.15, -0.1) is 0 Å². The lowest BCUT2D eigenvalue weighted by molar-refractivity contribution is -0.131. The molecule has 1 amide bonds. The maximum absolute atomic E-state index is 12.8. The molecule has 2 aromatic rings. The summed E-state index contributed by atoms with van der Waals surface area (Å²) >= 11 is 0. The molecule has 1 saturated heterocycles. The van der Waals surface area contributed by atoms with Crippen LogP contribution in [0.2, 0.25) is 0 Å². The number of piperidine rings is 1. The second-order valence-electron chi connectivity index (χ2n) is 7.34. The third kappa shape index (κ3) is 3.60. The van der Waals surface area contributed by atoms with Gasteiger partial charge in [-0.1, -0.05) is 23.4 Å². The lowest BCUT2D eigenvalue weighted by atomic mass is 9.89. The van der Waals surface area contributed by atoms with Gasteiger partial charge >= 0.3 is 0 Å². The minimum Gasteiger partial charge on any atom is -0.342 e. The molecule has 1 aliphatic heterocycles. The quantitative estimate of drug-likeness (QED) is 0.861. The van der Waals surface area contributed by atoms with Gasteiger partial charge in [0.1, 0.15) is 0 Å². The van der Waals surface area contributed by atoms with Gasteiger partial charge < -0.3 is 9.42 Å². The summed E-state index contributed by atoms with van der Waals surface area (Å²) in [6, 6.07) is 6.60. The van der Waals surface area contributed by atoms with E-state index in [0.29, 0.717) is 18.9 Å². The first-order valence-corrected chi connectivity index (χ1v) is 9.38. The molecule has 0 spiro atoms. The van der Waals surface area contributed by atoms with Crippen molar-refractivity contribution in [3.8, 4) is 0 Å². The van der Waals surface area contributed by atoms with Crippen LogP contribution in [0, 0.1) is 6.92 Å². The molecular formula is C20H25N3O2. The van der Waals surface area contributed by atoms with Crippen LogP contribution in [0.4, 0.5) is 0 Å². The van der Waals surface area contributed by atoms with Gasteiger partial charge in [-0.3, -0.25) is 4.79 Å². The average molecular weight is 339 g/mol. The van der Waals surface area contributed by atoms with E-state index in [1.165, 1.54) is 30.4 Å². The minimum absolute atomic E-state index is 0.193. The lowest BCUT2D eigenvalue weighted by Gasteiger charge is -2.31. The Kier molecular flexibility index (Phi) is 4.55. The van der Waals surface area contributed by atoms with Crippen LogP contribution in [0.3, 0.4) is 0 Å². The van der Waals surface area contributed by atoms with Gasteiger partial charge in [0.05, 0.1) is 6.42 Å². The largest absolute Gasteiger partial charge is 0.342 e. The number of hydrogen-bond acceptors (Lipinski definition) is 4. The summed E-state index contributed by atoms with van der Waals surface area (Å²) in [6.45, 7) is 3.33. The van der Waals surface area contributed by atoms with Gasteiger partial charge in [-0.25, -0.2) is 0 Å². The second-order valence-corrected chi connectivity index (χ2v) is 7.34. The number of fused-ring (bicyclic) bond motifs is 1. The van der Waals surface area contributed by atoms with Gasteiger partial charge in [0, 0.05) is 25.9 Å². The molecule has 5 nitrogen and oxygen atoms in total. The van der Waals surface area contributed by atoms with E-state index in [1.54, 1.807) is 6.92 Å². The standard InChI is InChI=1S/C20H25N3O2/c1-14-21-20(22-25-14)18-7-4-10-23(13-18)19(24)12-15-8-9-16-5-2-3-6-17(16)11-15/h8-9,11,18H,2-7,10,12-13H2,1H3/t18-/m0/s1. The number of benzene rings is 1. The van der Waals surface area contributed by atoms with Crippen molar-refractivity contribution in [3.05, 3.63) is 46.6 Å². The van der Waals surface area contributed by atoms with Crippen LogP contribution < -0.4 is 0 Å². The Morgan fingerprint density at radius 2 is 2.08 bits per heavy atom. The number of rotatable bonds is 3. The Morgan fingerprint density at radius 3 is 2.88 bits per heavy atom. The van der Waals surface area contributed by atoms with E-state index in [4.69, 9.17) is 4.52 Å². The number of amides is 1. The highest BCUT2D eigenvalue weighted by atomic mass is 16.5. The van der Waals surface area contributed by atoms with Gasteiger partial charge in [0.25, 0.3) is 0 Å². The van der Waals surface area contributed by atoms with Gasteiger partial charge in [-0.05, 0) is 55.2 Å². The van der Waals surface area contributed by atoms with E-state index in [-0.39, 0.29) is 11.8 Å². The summed E-state index contributed by atoms with van der Waals surface area (Å²) in [7, 11) is 0. The zero-order chi connectivity index (χ0) is 17.2. The van der Waals surface area contributed by atoms with Gasteiger partial charge in [-0.2, -0.15) is 4.98 Å². The number of aromatic nitrogens is 2. The summed E-state index contributed by atoms with van der Waals surface area (Å²) in [5.74, 6) is 1.73. The third-order valence-corrected chi connectivity index (χ3v) is 5.45. The molecule has 1 aromatic carbocycles. The number of hydrogen-bond donors (Lipinski definition) is 0. The zero-order valence-electron chi connectivity index (χ0n) is 14.8. The van der Waals surface area contributed by atoms with Crippen molar-refractivity contribution in [2.75, 3.05) is 13.1 Å². The zero-order valence-corrected chi connectivity index (χ0v) is 14.8. The molecule has 0 unspecified atom stereocenters. The number of carbonyl (C=O) groups is 1. The van der Waals surface area contributed by atoms with E-state index >= 15 is 0 Å². The lowest BCUT2D eigenvalue weighted by Crippen LogP contribution is -2.40. The Labute approximate surface area is 148 Å². The Morgan fingerprint density at radius 1 is 1.24 bits per heavy atom. The number of likely N-dealkylation sites (tertiary alicyclic amines) is 1. The summed E-state index contributed by atoms with van der Waals surface area (Å²) < 4.78 is 5.10. The molecule has 0 N–H and O–H groups in total. The van der Waals surface area contributed by atoms with E-state index in [0.717, 1.165) is 37.2 Å². The van der Waals surface area contributed by atoms with E-state index in [1.807, 2.05) is 4.90 Å². The maximum Gasteiger partial charge on any atom is 0.227 e. The van der Waals surface area contributed by atoms with Crippen LogP contribution in [0.15, 0.2) is 22.7 Å². The molecule has 5 heteroatoms. The fourth-order valence-electron chi connectivity index (χ4n) is 4.08. The molecule has 2 heterocycles. The van der Waals surface area contributed by atoms with Crippen molar-refractivity contribution in [1.29, 1.82) is 0 Å². The normalized spacial score (nSPS) is 20.4. The highest BCUT2D eigenvalue weighted by Gasteiger charge is 2.27. The Bertz CT molecular complexity index is 768. The minimum atomic E-state index is 0.193. The first-order chi connectivity index (χ1) is 12.2. The molecule has 1 atom stereocenters. The van der Waals surface area contributed by atoms with Crippen molar-refractivity contribution in [1.82, 2.24) is 15.0 Å². The third-order valence-electron chi connectivity index (χ3n) is 5.45. The predicted octanol–water partition coefficient (Wildman–Crippen LogP) is 3.21.